The number of aryl methyl sites for hydroxylation is 6. The Morgan fingerprint density at radius 3 is 1.94 bits per heavy atom. The molecule has 0 atom stereocenters. The highest BCUT2D eigenvalue weighted by Crippen LogP contribution is 2.33. The Hall–Kier alpha value is -4.19. The number of benzene rings is 3. The number of para-hydroxylation sites is 2. The maximum absolute atomic E-state index is 13.9. The van der Waals surface area contributed by atoms with Crippen LogP contribution in [-0.2, 0) is 9.59 Å². The predicted octanol–water partition coefficient (Wildman–Crippen LogP) is 5.61. The number of nitrogens with one attached hydrogen (secondary N) is 1. The third kappa shape index (κ3) is 4.60. The van der Waals surface area contributed by atoms with Crippen LogP contribution in [0.4, 0.5) is 5.69 Å². The molecule has 6 nitrogen and oxygen atoms in total. The molecule has 1 heterocycles. The summed E-state index contributed by atoms with van der Waals surface area (Å²) in [5.41, 5.74) is 5.08. The van der Waals surface area contributed by atoms with Gasteiger partial charge in [0.15, 0.2) is 5.75 Å². The molecule has 1 aliphatic heterocycles. The van der Waals surface area contributed by atoms with E-state index < -0.39 is 23.3 Å². The molecular weight excluding hydrogens is 442 g/mol. The second-order valence-electron chi connectivity index (χ2n) is 8.98. The molecule has 0 spiro atoms. The van der Waals surface area contributed by atoms with E-state index >= 15 is 0 Å². The largest absolute Gasteiger partial charge is 0.422 e. The molecule has 4 rings (SSSR count). The summed E-state index contributed by atoms with van der Waals surface area (Å²) in [6.45, 7) is 11.1. The zero-order chi connectivity index (χ0) is 25.4. The van der Waals surface area contributed by atoms with E-state index in [0.717, 1.165) is 22.3 Å². The number of Topliss-reactive ketones (excluding diaryl/α,β-unsaturated/α-hetero) is 1. The number of rotatable bonds is 4. The van der Waals surface area contributed by atoms with Crippen LogP contribution in [0.5, 0.6) is 11.5 Å². The lowest BCUT2D eigenvalue weighted by atomic mass is 9.92. The molecule has 178 valence electrons. The van der Waals surface area contributed by atoms with Crippen molar-refractivity contribution >= 4 is 23.4 Å². The molecule has 0 bridgehead atoms. The van der Waals surface area contributed by atoms with Crippen molar-refractivity contribution in [2.75, 3.05) is 5.32 Å². The van der Waals surface area contributed by atoms with Crippen molar-refractivity contribution in [1.82, 2.24) is 0 Å². The first-order valence-corrected chi connectivity index (χ1v) is 11.3. The van der Waals surface area contributed by atoms with Gasteiger partial charge in [0.05, 0.1) is 5.69 Å². The average Bonchev–Trinajstić information content (AvgIpc) is 2.76. The maximum atomic E-state index is 13.9. The summed E-state index contributed by atoms with van der Waals surface area (Å²) < 4.78 is 11.2. The van der Waals surface area contributed by atoms with Gasteiger partial charge >= 0.3 is 11.9 Å². The number of hydrogen-bond acceptors (Lipinski definition) is 6. The van der Waals surface area contributed by atoms with Crippen LogP contribution in [0.3, 0.4) is 0 Å². The fourth-order valence-electron chi connectivity index (χ4n) is 4.60. The third-order valence-electron chi connectivity index (χ3n) is 5.94. The maximum Gasteiger partial charge on any atom is 0.361 e. The van der Waals surface area contributed by atoms with Gasteiger partial charge in [0, 0.05) is 5.56 Å². The number of carbonyl (C=O) groups excluding carboxylic acids is 3. The Morgan fingerprint density at radius 2 is 1.34 bits per heavy atom. The minimum Gasteiger partial charge on any atom is -0.422 e. The molecule has 0 fully saturated rings. The van der Waals surface area contributed by atoms with E-state index in [2.05, 4.69) is 5.32 Å². The molecule has 35 heavy (non-hydrogen) atoms. The van der Waals surface area contributed by atoms with Crippen molar-refractivity contribution in [1.29, 1.82) is 0 Å². The highest BCUT2D eigenvalue weighted by atomic mass is 16.5. The molecule has 3 aromatic rings. The van der Waals surface area contributed by atoms with E-state index in [1.165, 1.54) is 0 Å². The van der Waals surface area contributed by atoms with E-state index in [-0.39, 0.29) is 5.70 Å². The first kappa shape index (κ1) is 24.0. The van der Waals surface area contributed by atoms with Gasteiger partial charge in [-0.1, -0.05) is 47.5 Å². The van der Waals surface area contributed by atoms with Gasteiger partial charge in [0.2, 0.25) is 5.78 Å². The van der Waals surface area contributed by atoms with Crippen LogP contribution in [-0.4, -0.2) is 17.7 Å². The van der Waals surface area contributed by atoms with Crippen LogP contribution < -0.4 is 14.8 Å². The highest BCUT2D eigenvalue weighted by Gasteiger charge is 2.35. The van der Waals surface area contributed by atoms with Gasteiger partial charge < -0.3 is 14.8 Å². The molecule has 0 aliphatic carbocycles. The monoisotopic (exact) mass is 469 g/mol. The molecule has 0 saturated carbocycles. The van der Waals surface area contributed by atoms with E-state index in [1.54, 1.807) is 38.1 Å². The number of esters is 2. The number of ether oxygens (including phenoxy) is 2. The second-order valence-corrected chi connectivity index (χ2v) is 8.98. The van der Waals surface area contributed by atoms with Crippen LogP contribution in [0.2, 0.25) is 0 Å². The Bertz CT molecular complexity index is 1380. The van der Waals surface area contributed by atoms with Crippen molar-refractivity contribution in [2.24, 2.45) is 0 Å². The zero-order valence-corrected chi connectivity index (χ0v) is 20.7. The molecule has 1 N–H and O–H groups in total. The van der Waals surface area contributed by atoms with E-state index in [1.807, 2.05) is 52.0 Å². The SMILES string of the molecule is Cc1cc(C)c(OC(=O)C(C(=O)c2c(C)cc(C)cc2C)=C2Nc3ccccc3OC2=O)c(C)c1. The van der Waals surface area contributed by atoms with E-state index in [0.29, 0.717) is 33.9 Å². The van der Waals surface area contributed by atoms with Crippen molar-refractivity contribution in [3.63, 3.8) is 0 Å². The van der Waals surface area contributed by atoms with Gasteiger partial charge in [0.1, 0.15) is 17.0 Å². The van der Waals surface area contributed by atoms with Crippen LogP contribution in [0.1, 0.15) is 43.7 Å². The predicted molar refractivity (Wildman–Crippen MR) is 134 cm³/mol. The molecule has 0 saturated heterocycles. The molecular formula is C29H27NO5. The lowest BCUT2D eigenvalue weighted by Gasteiger charge is -2.22. The molecule has 0 aromatic heterocycles. The molecule has 3 aromatic carbocycles. The van der Waals surface area contributed by atoms with Gasteiger partial charge in [-0.25, -0.2) is 9.59 Å². The minimum absolute atomic E-state index is 0.250. The summed E-state index contributed by atoms with van der Waals surface area (Å²) in [6, 6.07) is 14.3. The standard InChI is InChI=1S/C29H27NO5/c1-15-11-17(3)23(18(4)12-15)26(31)24(25-29(33)34-22-10-8-7-9-21(22)30-25)28(32)35-27-19(5)13-16(2)14-20(27)6/h7-14,30H,1-6H3. The summed E-state index contributed by atoms with van der Waals surface area (Å²) in [5.74, 6) is -1.69. The smallest absolute Gasteiger partial charge is 0.361 e. The van der Waals surface area contributed by atoms with Gasteiger partial charge in [-0.15, -0.1) is 0 Å². The topological polar surface area (TPSA) is 81.7 Å². The van der Waals surface area contributed by atoms with E-state index in [4.69, 9.17) is 9.47 Å². The minimum atomic E-state index is -0.928. The molecule has 0 radical (unpaired) electrons. The first-order chi connectivity index (χ1) is 16.6. The molecule has 0 amide bonds. The van der Waals surface area contributed by atoms with Crippen molar-refractivity contribution in [3.05, 3.63) is 98.7 Å². The first-order valence-electron chi connectivity index (χ1n) is 11.3. The van der Waals surface area contributed by atoms with Crippen LogP contribution in [0, 0.1) is 41.5 Å². The average molecular weight is 470 g/mol. The normalized spacial score (nSPS) is 13.9. The van der Waals surface area contributed by atoms with Crippen LogP contribution >= 0.6 is 0 Å². The number of fused-ring (bicyclic) bond motifs is 1. The van der Waals surface area contributed by atoms with Gasteiger partial charge in [0.25, 0.3) is 0 Å². The van der Waals surface area contributed by atoms with Gasteiger partial charge in [-0.2, -0.15) is 0 Å². The lowest BCUT2D eigenvalue weighted by Crippen LogP contribution is -2.31. The second kappa shape index (κ2) is 9.22. The third-order valence-corrected chi connectivity index (χ3v) is 5.94. The van der Waals surface area contributed by atoms with Crippen LogP contribution in [0.25, 0.3) is 0 Å². The van der Waals surface area contributed by atoms with Gasteiger partial charge in [-0.3, -0.25) is 4.79 Å². The summed E-state index contributed by atoms with van der Waals surface area (Å²) in [6.07, 6.45) is 0. The van der Waals surface area contributed by atoms with Crippen LogP contribution in [0.15, 0.2) is 59.8 Å². The van der Waals surface area contributed by atoms with Crippen molar-refractivity contribution in [2.45, 2.75) is 41.5 Å². The quantitative estimate of drug-likeness (QED) is 0.134. The number of ketones is 1. The summed E-state index contributed by atoms with van der Waals surface area (Å²) in [7, 11) is 0. The van der Waals surface area contributed by atoms with Gasteiger partial charge in [-0.05, 0) is 75.9 Å². The number of hydrogen-bond donors (Lipinski definition) is 1. The number of carbonyl (C=O) groups is 3. The molecule has 0 unspecified atom stereocenters. The molecule has 6 heteroatoms. The van der Waals surface area contributed by atoms with Crippen molar-refractivity contribution in [3.8, 4) is 11.5 Å². The fraction of sp³-hybridized carbons (Fsp3) is 0.207. The Kier molecular flexibility index (Phi) is 6.31. The Labute approximate surface area is 204 Å². The fourth-order valence-corrected chi connectivity index (χ4v) is 4.60. The van der Waals surface area contributed by atoms with E-state index in [9.17, 15) is 14.4 Å². The lowest BCUT2D eigenvalue weighted by molar-refractivity contribution is -0.133. The highest BCUT2D eigenvalue weighted by molar-refractivity contribution is 6.29. The Balaban J connectivity index is 1.88. The zero-order valence-electron chi connectivity index (χ0n) is 20.7. The summed E-state index contributed by atoms with van der Waals surface area (Å²) >= 11 is 0. The summed E-state index contributed by atoms with van der Waals surface area (Å²) in [4.78, 5) is 40.5. The molecule has 1 aliphatic rings. The Morgan fingerprint density at radius 1 is 0.800 bits per heavy atom. The summed E-state index contributed by atoms with van der Waals surface area (Å²) in [5, 5.41) is 2.94. The number of anilines is 1. The van der Waals surface area contributed by atoms with Crippen molar-refractivity contribution < 1.29 is 23.9 Å².